The normalized spacial score (nSPS) is 19.9. The fourth-order valence-corrected chi connectivity index (χ4v) is 4.81. The van der Waals surface area contributed by atoms with Crippen LogP contribution in [-0.2, 0) is 16.0 Å². The molecule has 0 fully saturated rings. The van der Waals surface area contributed by atoms with Gasteiger partial charge in [0.05, 0.1) is 22.5 Å². The van der Waals surface area contributed by atoms with Crippen LogP contribution in [0.3, 0.4) is 0 Å². The van der Waals surface area contributed by atoms with Gasteiger partial charge >= 0.3 is 0 Å². The van der Waals surface area contributed by atoms with Crippen LogP contribution in [-0.4, -0.2) is 34.2 Å². The summed E-state index contributed by atoms with van der Waals surface area (Å²) >= 11 is 0. The number of hydrogen-bond acceptors (Lipinski definition) is 6. The lowest BCUT2D eigenvalue weighted by Gasteiger charge is -2.28. The highest BCUT2D eigenvalue weighted by molar-refractivity contribution is 6.15. The lowest BCUT2D eigenvalue weighted by atomic mass is 9.77. The number of ketones is 2. The minimum absolute atomic E-state index is 0.0790. The molecule has 6 nitrogen and oxygen atoms in total. The number of carbonyl (C=O) groups excluding carboxylic acids is 2. The van der Waals surface area contributed by atoms with Gasteiger partial charge in [-0.2, -0.15) is 0 Å². The van der Waals surface area contributed by atoms with E-state index in [1.807, 2.05) is 76.2 Å². The van der Waals surface area contributed by atoms with Gasteiger partial charge in [0.25, 0.3) is 0 Å². The van der Waals surface area contributed by atoms with E-state index in [1.54, 1.807) is 0 Å². The Morgan fingerprint density at radius 1 is 0.649 bits per heavy atom. The Kier molecular flexibility index (Phi) is 7.30. The lowest BCUT2D eigenvalue weighted by molar-refractivity contribution is -0.118. The van der Waals surface area contributed by atoms with E-state index in [-0.39, 0.29) is 33.9 Å². The molecule has 0 radical (unpaired) electrons. The van der Waals surface area contributed by atoms with Gasteiger partial charge in [-0.25, -0.2) is 0 Å². The van der Waals surface area contributed by atoms with Crippen LogP contribution in [0.2, 0.25) is 0 Å². The van der Waals surface area contributed by atoms with Gasteiger partial charge in [-0.1, -0.05) is 52.0 Å². The molecule has 0 unspecified atom stereocenters. The molecule has 2 aliphatic rings. The predicted molar refractivity (Wildman–Crippen MR) is 147 cm³/mol. The van der Waals surface area contributed by atoms with Crippen molar-refractivity contribution in [2.75, 3.05) is 0 Å². The van der Waals surface area contributed by atoms with E-state index in [2.05, 4.69) is 9.98 Å². The summed E-state index contributed by atoms with van der Waals surface area (Å²) in [7, 11) is 0. The molecule has 6 heteroatoms. The van der Waals surface area contributed by atoms with Gasteiger partial charge in [0, 0.05) is 38.1 Å². The summed E-state index contributed by atoms with van der Waals surface area (Å²) in [6.45, 7) is 7.88. The number of aliphatic imine (C=N–C) groups is 2. The maximum atomic E-state index is 12.4. The topological polar surface area (TPSA) is 99.3 Å². The van der Waals surface area contributed by atoms with Gasteiger partial charge in [-0.3, -0.25) is 19.6 Å². The summed E-state index contributed by atoms with van der Waals surface area (Å²) < 4.78 is 0. The highest BCUT2D eigenvalue weighted by Gasteiger charge is 2.33. The number of aliphatic hydroxyl groups is 2. The van der Waals surface area contributed by atoms with E-state index in [9.17, 15) is 19.8 Å². The summed E-state index contributed by atoms with van der Waals surface area (Å²) in [6, 6.07) is 15.5. The summed E-state index contributed by atoms with van der Waals surface area (Å²) in [5.74, 6) is 0.0591. The average molecular weight is 499 g/mol. The number of allylic oxidation sites excluding steroid dienone is 4. The zero-order chi connectivity index (χ0) is 26.8. The Balaban J connectivity index is 1.37. The highest BCUT2D eigenvalue weighted by Crippen LogP contribution is 2.36. The third-order valence-electron chi connectivity index (χ3n) is 6.76. The van der Waals surface area contributed by atoms with Crippen LogP contribution in [0, 0.1) is 10.8 Å². The van der Waals surface area contributed by atoms with Crippen molar-refractivity contribution in [3.63, 3.8) is 0 Å². The molecular formula is C31H34N2O4. The van der Waals surface area contributed by atoms with Gasteiger partial charge < -0.3 is 10.2 Å². The fourth-order valence-electron chi connectivity index (χ4n) is 4.81. The lowest BCUT2D eigenvalue weighted by Crippen LogP contribution is -2.26. The Labute approximate surface area is 218 Å². The van der Waals surface area contributed by atoms with E-state index < -0.39 is 0 Å². The molecule has 0 bridgehead atoms. The van der Waals surface area contributed by atoms with Crippen LogP contribution in [0.1, 0.15) is 64.5 Å². The second-order valence-corrected chi connectivity index (χ2v) is 11.6. The molecule has 0 saturated heterocycles. The first-order chi connectivity index (χ1) is 17.4. The SMILES string of the molecule is CC1(C)CC(=O)C(C=Nc2ccc(Cc3ccc(N=CC4=C(O)CC(C)(C)CC4=O)cc3)cc2)=C(O)C1. The van der Waals surface area contributed by atoms with Crippen molar-refractivity contribution >= 4 is 35.4 Å². The molecule has 0 atom stereocenters. The van der Waals surface area contributed by atoms with E-state index in [0.29, 0.717) is 48.2 Å². The second-order valence-electron chi connectivity index (χ2n) is 11.6. The quantitative estimate of drug-likeness (QED) is 0.416. The number of benzene rings is 2. The number of rotatable bonds is 6. The summed E-state index contributed by atoms with van der Waals surface area (Å²) in [6.07, 6.45) is 5.42. The molecule has 2 aliphatic carbocycles. The van der Waals surface area contributed by atoms with E-state index in [1.165, 1.54) is 12.4 Å². The summed E-state index contributed by atoms with van der Waals surface area (Å²) in [4.78, 5) is 33.5. The van der Waals surface area contributed by atoms with Gasteiger partial charge in [0.2, 0.25) is 0 Å². The van der Waals surface area contributed by atoms with Crippen molar-refractivity contribution < 1.29 is 19.8 Å². The Hall–Kier alpha value is -3.80. The molecule has 192 valence electrons. The first-order valence-electron chi connectivity index (χ1n) is 12.6. The molecule has 0 amide bonds. The smallest absolute Gasteiger partial charge is 0.168 e. The maximum Gasteiger partial charge on any atom is 0.168 e. The molecule has 0 aliphatic heterocycles. The standard InChI is InChI=1S/C31H34N2O4/c1-30(2)14-26(34)24(27(35)15-30)18-32-22-9-5-20(6-10-22)13-21-7-11-23(12-8-21)33-19-25-28(36)16-31(3,4)17-29(25)37/h5-12,18-19,34,36H,13-17H2,1-4H3. The first kappa shape index (κ1) is 26.3. The van der Waals surface area contributed by atoms with Crippen molar-refractivity contribution in [1.82, 2.24) is 0 Å². The van der Waals surface area contributed by atoms with E-state index in [4.69, 9.17) is 0 Å². The van der Waals surface area contributed by atoms with Gasteiger partial charge in [0.15, 0.2) is 11.6 Å². The third kappa shape index (κ3) is 6.70. The van der Waals surface area contributed by atoms with Gasteiger partial charge in [-0.05, 0) is 52.6 Å². The Bertz CT molecular complexity index is 1220. The summed E-state index contributed by atoms with van der Waals surface area (Å²) in [5, 5.41) is 20.5. The minimum atomic E-state index is -0.225. The second kappa shape index (κ2) is 10.3. The van der Waals surface area contributed by atoms with E-state index >= 15 is 0 Å². The molecule has 0 aromatic heterocycles. The molecule has 37 heavy (non-hydrogen) atoms. The molecule has 0 heterocycles. The number of aliphatic hydroxyl groups excluding tert-OH is 2. The molecular weight excluding hydrogens is 464 g/mol. The zero-order valence-electron chi connectivity index (χ0n) is 21.9. The monoisotopic (exact) mass is 498 g/mol. The largest absolute Gasteiger partial charge is 0.511 e. The Morgan fingerprint density at radius 3 is 1.32 bits per heavy atom. The third-order valence-corrected chi connectivity index (χ3v) is 6.76. The predicted octanol–water partition coefficient (Wildman–Crippen LogP) is 7.08. The highest BCUT2D eigenvalue weighted by atomic mass is 16.3. The van der Waals surface area contributed by atoms with Crippen LogP contribution >= 0.6 is 0 Å². The zero-order valence-corrected chi connectivity index (χ0v) is 21.9. The van der Waals surface area contributed by atoms with Crippen LogP contribution in [0.5, 0.6) is 0 Å². The molecule has 0 saturated carbocycles. The molecule has 2 aromatic carbocycles. The van der Waals surface area contributed by atoms with Crippen LogP contribution in [0.15, 0.2) is 81.2 Å². The van der Waals surface area contributed by atoms with E-state index in [0.717, 1.165) is 17.5 Å². The van der Waals surface area contributed by atoms with Crippen LogP contribution < -0.4 is 0 Å². The summed E-state index contributed by atoms with van der Waals surface area (Å²) in [5.41, 5.74) is 3.79. The number of hydrogen-bond donors (Lipinski definition) is 2. The number of Topliss-reactive ketones (excluding diaryl/α,β-unsaturated/α-hetero) is 2. The van der Waals surface area contributed by atoms with Gasteiger partial charge in [-0.15, -0.1) is 0 Å². The molecule has 4 rings (SSSR count). The van der Waals surface area contributed by atoms with Crippen LogP contribution in [0.4, 0.5) is 11.4 Å². The molecule has 2 N–H and O–H groups in total. The Morgan fingerprint density at radius 2 is 1.00 bits per heavy atom. The minimum Gasteiger partial charge on any atom is -0.511 e. The van der Waals surface area contributed by atoms with Crippen molar-refractivity contribution in [3.8, 4) is 0 Å². The number of carbonyl (C=O) groups is 2. The maximum absolute atomic E-state index is 12.4. The van der Waals surface area contributed by atoms with Crippen molar-refractivity contribution in [2.24, 2.45) is 20.8 Å². The van der Waals surface area contributed by atoms with Crippen LogP contribution in [0.25, 0.3) is 0 Å². The molecule has 2 aromatic rings. The van der Waals surface area contributed by atoms with Crippen molar-refractivity contribution in [2.45, 2.75) is 59.8 Å². The van der Waals surface area contributed by atoms with Gasteiger partial charge in [0.1, 0.15) is 11.5 Å². The fraction of sp³-hybridized carbons (Fsp3) is 0.355. The van der Waals surface area contributed by atoms with Crippen molar-refractivity contribution in [3.05, 3.63) is 82.3 Å². The van der Waals surface area contributed by atoms with Crippen molar-refractivity contribution in [1.29, 1.82) is 0 Å². The first-order valence-corrected chi connectivity index (χ1v) is 12.6. The average Bonchev–Trinajstić information content (AvgIpc) is 2.78. The number of nitrogens with zero attached hydrogens (tertiary/aromatic N) is 2. The molecule has 0 spiro atoms.